The molecule has 0 radical (unpaired) electrons. The van der Waals surface area contributed by atoms with Gasteiger partial charge in [0.1, 0.15) is 0 Å². The van der Waals surface area contributed by atoms with Gasteiger partial charge in [-0.15, -0.1) is 0 Å². The Kier molecular flexibility index (Phi) is 7.31. The van der Waals surface area contributed by atoms with Crippen molar-refractivity contribution in [3.63, 3.8) is 0 Å². The lowest BCUT2D eigenvalue weighted by Crippen LogP contribution is -2.37. The number of sulfonamides is 1. The molecule has 0 saturated heterocycles. The number of likely N-dealkylation sites (N-methyl/N-ethyl adjacent to an activating group) is 1. The van der Waals surface area contributed by atoms with Crippen molar-refractivity contribution in [1.29, 1.82) is 0 Å². The monoisotopic (exact) mass is 403 g/mol. The van der Waals surface area contributed by atoms with Gasteiger partial charge in [0.05, 0.1) is 11.4 Å². The number of nitrogens with zero attached hydrogens (tertiary/aromatic N) is 1. The number of aryl methyl sites for hydroxylation is 2. The van der Waals surface area contributed by atoms with Crippen molar-refractivity contribution in [2.24, 2.45) is 0 Å². The highest BCUT2D eigenvalue weighted by Gasteiger charge is 2.18. The molecular weight excluding hydrogens is 378 g/mol. The second-order valence-electron chi connectivity index (χ2n) is 6.58. The van der Waals surface area contributed by atoms with Crippen LogP contribution in [-0.2, 0) is 19.6 Å². The van der Waals surface area contributed by atoms with Crippen LogP contribution in [0.5, 0.6) is 0 Å². The van der Waals surface area contributed by atoms with Crippen LogP contribution in [0.4, 0.5) is 5.69 Å². The van der Waals surface area contributed by atoms with Crippen LogP contribution < -0.4 is 10.0 Å². The van der Waals surface area contributed by atoms with Gasteiger partial charge >= 0.3 is 0 Å². The molecule has 0 spiro atoms. The van der Waals surface area contributed by atoms with E-state index in [1.54, 1.807) is 43.3 Å². The minimum Gasteiger partial charge on any atom is -0.336 e. The Labute approximate surface area is 165 Å². The zero-order valence-electron chi connectivity index (χ0n) is 16.2. The van der Waals surface area contributed by atoms with Gasteiger partial charge in [0.25, 0.3) is 0 Å². The number of para-hydroxylation sites is 1. The van der Waals surface area contributed by atoms with Gasteiger partial charge < -0.3 is 10.2 Å². The summed E-state index contributed by atoms with van der Waals surface area (Å²) in [6.07, 6.45) is -0.0425. The van der Waals surface area contributed by atoms with Crippen molar-refractivity contribution in [2.75, 3.05) is 25.5 Å². The average Bonchev–Trinajstić information content (AvgIpc) is 2.64. The molecular formula is C20H25N3O4S. The first-order valence-electron chi connectivity index (χ1n) is 8.85. The Morgan fingerprint density at radius 1 is 1.04 bits per heavy atom. The minimum atomic E-state index is -3.70. The molecule has 0 aliphatic rings. The summed E-state index contributed by atoms with van der Waals surface area (Å²) in [5, 5.41) is 2.70. The van der Waals surface area contributed by atoms with E-state index in [1.807, 2.05) is 19.1 Å². The molecule has 0 aromatic heterocycles. The van der Waals surface area contributed by atoms with Crippen molar-refractivity contribution in [3.05, 3.63) is 59.7 Å². The van der Waals surface area contributed by atoms with Crippen LogP contribution in [0, 0.1) is 13.8 Å². The summed E-state index contributed by atoms with van der Waals surface area (Å²) in [5.41, 5.74) is 2.12. The normalized spacial score (nSPS) is 11.1. The van der Waals surface area contributed by atoms with Gasteiger partial charge in [0, 0.05) is 25.7 Å². The van der Waals surface area contributed by atoms with E-state index in [4.69, 9.17) is 0 Å². The summed E-state index contributed by atoms with van der Waals surface area (Å²) < 4.78 is 27.3. The summed E-state index contributed by atoms with van der Waals surface area (Å²) in [5.74, 6) is -0.648. The summed E-state index contributed by atoms with van der Waals surface area (Å²) >= 11 is 0. The smallest absolute Gasteiger partial charge is 0.243 e. The predicted molar refractivity (Wildman–Crippen MR) is 108 cm³/mol. The summed E-state index contributed by atoms with van der Waals surface area (Å²) in [6, 6.07) is 14.1. The SMILES string of the molecule is Cc1ccc(C)c(S(=O)(=O)NCCC(=O)N(C)CC(=O)Nc2ccccc2)c1. The molecule has 150 valence electrons. The van der Waals surface area contributed by atoms with Gasteiger partial charge in [0.15, 0.2) is 0 Å². The number of anilines is 1. The molecule has 2 aromatic carbocycles. The zero-order chi connectivity index (χ0) is 20.7. The largest absolute Gasteiger partial charge is 0.336 e. The molecule has 2 aromatic rings. The van der Waals surface area contributed by atoms with Gasteiger partial charge in [0.2, 0.25) is 21.8 Å². The molecule has 2 N–H and O–H groups in total. The van der Waals surface area contributed by atoms with E-state index in [9.17, 15) is 18.0 Å². The third-order valence-corrected chi connectivity index (χ3v) is 5.73. The molecule has 28 heavy (non-hydrogen) atoms. The van der Waals surface area contributed by atoms with E-state index in [0.717, 1.165) is 5.56 Å². The van der Waals surface area contributed by atoms with Gasteiger partial charge in [-0.3, -0.25) is 9.59 Å². The number of benzene rings is 2. The minimum absolute atomic E-state index is 0.0425. The molecule has 2 rings (SSSR count). The molecule has 0 atom stereocenters. The lowest BCUT2D eigenvalue weighted by Gasteiger charge is -2.17. The summed E-state index contributed by atoms with van der Waals surface area (Å²) in [4.78, 5) is 25.7. The van der Waals surface area contributed by atoms with Crippen molar-refractivity contribution in [3.8, 4) is 0 Å². The van der Waals surface area contributed by atoms with Crippen LogP contribution in [0.25, 0.3) is 0 Å². The number of carbonyl (C=O) groups excluding carboxylic acids is 2. The van der Waals surface area contributed by atoms with E-state index < -0.39 is 10.0 Å². The van der Waals surface area contributed by atoms with Crippen molar-refractivity contribution in [2.45, 2.75) is 25.2 Å². The van der Waals surface area contributed by atoms with E-state index in [-0.39, 0.29) is 36.2 Å². The van der Waals surface area contributed by atoms with Gasteiger partial charge in [-0.1, -0.05) is 30.3 Å². The highest BCUT2D eigenvalue weighted by atomic mass is 32.2. The topological polar surface area (TPSA) is 95.6 Å². The standard InChI is InChI=1S/C20H25N3O4S/c1-15-9-10-16(2)18(13-15)28(26,27)21-12-11-20(25)23(3)14-19(24)22-17-7-5-4-6-8-17/h4-10,13,21H,11-12,14H2,1-3H3,(H,22,24). The Bertz CT molecular complexity index is 943. The lowest BCUT2D eigenvalue weighted by atomic mass is 10.2. The van der Waals surface area contributed by atoms with E-state index in [1.165, 1.54) is 11.9 Å². The third kappa shape index (κ3) is 6.17. The number of hydrogen-bond acceptors (Lipinski definition) is 4. The second-order valence-corrected chi connectivity index (χ2v) is 8.32. The second kappa shape index (κ2) is 9.48. The number of carbonyl (C=O) groups is 2. The fourth-order valence-electron chi connectivity index (χ4n) is 2.58. The number of nitrogens with one attached hydrogen (secondary N) is 2. The first kappa shape index (κ1) is 21.6. The highest BCUT2D eigenvalue weighted by molar-refractivity contribution is 7.89. The maximum Gasteiger partial charge on any atom is 0.243 e. The van der Waals surface area contributed by atoms with Gasteiger partial charge in [-0.2, -0.15) is 0 Å². The molecule has 8 heteroatoms. The van der Waals surface area contributed by atoms with E-state index >= 15 is 0 Å². The first-order valence-corrected chi connectivity index (χ1v) is 10.3. The molecule has 0 heterocycles. The Morgan fingerprint density at radius 3 is 2.39 bits per heavy atom. The average molecular weight is 404 g/mol. The van der Waals surface area contributed by atoms with Crippen molar-refractivity contribution >= 4 is 27.5 Å². The Morgan fingerprint density at radius 2 is 1.71 bits per heavy atom. The quantitative estimate of drug-likeness (QED) is 0.705. The lowest BCUT2D eigenvalue weighted by molar-refractivity contribution is -0.133. The molecule has 0 bridgehead atoms. The van der Waals surface area contributed by atoms with Gasteiger partial charge in [-0.25, -0.2) is 13.1 Å². The fourth-order valence-corrected chi connectivity index (χ4v) is 3.94. The molecule has 0 aliphatic heterocycles. The summed E-state index contributed by atoms with van der Waals surface area (Å²) in [7, 11) is -2.19. The van der Waals surface area contributed by atoms with Crippen molar-refractivity contribution < 1.29 is 18.0 Å². The Balaban J connectivity index is 1.84. The van der Waals surface area contributed by atoms with Crippen LogP contribution in [0.15, 0.2) is 53.4 Å². The zero-order valence-corrected chi connectivity index (χ0v) is 17.0. The maximum absolute atomic E-state index is 12.4. The predicted octanol–water partition coefficient (Wildman–Crippen LogP) is 2.07. The number of hydrogen-bond donors (Lipinski definition) is 2. The van der Waals surface area contributed by atoms with Crippen LogP contribution in [0.2, 0.25) is 0 Å². The van der Waals surface area contributed by atoms with Crippen LogP contribution in [0.3, 0.4) is 0 Å². The number of rotatable bonds is 8. The molecule has 0 aliphatic carbocycles. The third-order valence-electron chi connectivity index (χ3n) is 4.13. The molecule has 2 amide bonds. The maximum atomic E-state index is 12.4. The Hall–Kier alpha value is -2.71. The van der Waals surface area contributed by atoms with Crippen molar-refractivity contribution in [1.82, 2.24) is 9.62 Å². The summed E-state index contributed by atoms with van der Waals surface area (Å²) in [6.45, 7) is 3.38. The van der Waals surface area contributed by atoms with E-state index in [0.29, 0.717) is 11.3 Å². The van der Waals surface area contributed by atoms with Crippen LogP contribution >= 0.6 is 0 Å². The number of amides is 2. The molecule has 0 fully saturated rings. The fraction of sp³-hybridized carbons (Fsp3) is 0.300. The molecule has 0 saturated carbocycles. The van der Waals surface area contributed by atoms with Gasteiger partial charge in [-0.05, 0) is 43.2 Å². The first-order chi connectivity index (χ1) is 13.2. The van der Waals surface area contributed by atoms with Crippen LogP contribution in [0.1, 0.15) is 17.5 Å². The van der Waals surface area contributed by atoms with E-state index in [2.05, 4.69) is 10.0 Å². The molecule has 0 unspecified atom stereocenters. The highest BCUT2D eigenvalue weighted by Crippen LogP contribution is 2.16. The van der Waals surface area contributed by atoms with Crippen LogP contribution in [-0.4, -0.2) is 45.3 Å². The molecule has 7 nitrogen and oxygen atoms in total.